The van der Waals surface area contributed by atoms with Gasteiger partial charge in [-0.05, 0) is 0 Å². The van der Waals surface area contributed by atoms with E-state index in [-0.39, 0.29) is 42.5 Å². The number of hydrogen-bond acceptors (Lipinski definition) is 17. The number of H-pyrrole nitrogens is 1. The molecule has 21 nitrogen and oxygen atoms in total. The first-order chi connectivity index (χ1) is 20.8. The molecule has 5 rings (SSSR count). The Kier molecular flexibility index (Phi) is 8.77. The second-order valence-corrected chi connectivity index (χ2v) is 11.2. The molecule has 3 aromatic heterocycles. The Balaban J connectivity index is 1.29. The van der Waals surface area contributed by atoms with Crippen molar-refractivity contribution in [3.05, 3.63) is 33.5 Å². The summed E-state index contributed by atoms with van der Waals surface area (Å²) in [6, 6.07) is 0. The molecule has 2 aliphatic rings. The third-order valence-corrected chi connectivity index (χ3v) is 7.63. The van der Waals surface area contributed by atoms with Gasteiger partial charge in [-0.1, -0.05) is 0 Å². The van der Waals surface area contributed by atoms with E-state index in [1.807, 2.05) is 0 Å². The summed E-state index contributed by atoms with van der Waals surface area (Å²) >= 11 is 0. The molecule has 0 bridgehead atoms. The van der Waals surface area contributed by atoms with Gasteiger partial charge in [-0.25, -0.2) is 19.3 Å². The van der Waals surface area contributed by atoms with Crippen molar-refractivity contribution in [3.63, 3.8) is 0 Å². The average Bonchev–Trinajstić information content (AvgIpc) is 3.63. The summed E-state index contributed by atoms with van der Waals surface area (Å²) in [5, 5.41) is 0. The molecule has 2 aliphatic heterocycles. The van der Waals surface area contributed by atoms with Gasteiger partial charge in [0.25, 0.3) is 5.56 Å². The molecule has 0 spiro atoms. The van der Waals surface area contributed by atoms with Crippen molar-refractivity contribution in [2.24, 2.45) is 0 Å². The Morgan fingerprint density at radius 1 is 1.02 bits per heavy atom. The molecule has 238 valence electrons. The first kappa shape index (κ1) is 31.2. The topological polar surface area (TPSA) is 290 Å². The maximum Gasteiger partial charge on any atom is 0.472 e. The molecule has 0 radical (unpaired) electrons. The molecule has 7 unspecified atom stereocenters. The molecular formula is C22H28N9O12P. The van der Waals surface area contributed by atoms with Gasteiger partial charge in [-0.2, -0.15) is 9.97 Å². The van der Waals surface area contributed by atoms with Crippen LogP contribution < -0.4 is 22.7 Å². The number of esters is 2. The van der Waals surface area contributed by atoms with Crippen LogP contribution in [0, 0.1) is 0 Å². The van der Waals surface area contributed by atoms with Crippen LogP contribution >= 0.6 is 7.82 Å². The highest BCUT2D eigenvalue weighted by atomic mass is 31.2. The lowest BCUT2D eigenvalue weighted by atomic mass is 10.2. The van der Waals surface area contributed by atoms with Crippen LogP contribution in [0.2, 0.25) is 0 Å². The fourth-order valence-corrected chi connectivity index (χ4v) is 5.73. The summed E-state index contributed by atoms with van der Waals surface area (Å²) in [7, 11) is -4.88. The number of fused-ring (bicyclic) bond motifs is 1. The molecule has 6 N–H and O–H groups in total. The predicted octanol–water partition coefficient (Wildman–Crippen LogP) is -1.49. The Hall–Kier alpha value is -4.27. The van der Waals surface area contributed by atoms with Crippen molar-refractivity contribution in [1.29, 1.82) is 0 Å². The first-order valence-corrected chi connectivity index (χ1v) is 14.5. The van der Waals surface area contributed by atoms with Gasteiger partial charge in [0.05, 0.1) is 12.9 Å². The number of carbonyl (C=O) groups excluding carboxylic acids is 2. The van der Waals surface area contributed by atoms with Gasteiger partial charge in [0.15, 0.2) is 11.2 Å². The van der Waals surface area contributed by atoms with Crippen LogP contribution in [0.3, 0.4) is 0 Å². The molecule has 3 aromatic rings. The second-order valence-electron chi connectivity index (χ2n) is 9.77. The number of rotatable bonds is 10. The van der Waals surface area contributed by atoms with Crippen LogP contribution in [0.5, 0.6) is 0 Å². The molecule has 5 heterocycles. The van der Waals surface area contributed by atoms with Crippen molar-refractivity contribution < 1.29 is 47.0 Å². The van der Waals surface area contributed by atoms with Gasteiger partial charge in [0, 0.05) is 26.7 Å². The van der Waals surface area contributed by atoms with Gasteiger partial charge in [0.2, 0.25) is 11.9 Å². The molecule has 0 saturated carbocycles. The lowest BCUT2D eigenvalue weighted by molar-refractivity contribution is -0.150. The maximum absolute atomic E-state index is 13.1. The largest absolute Gasteiger partial charge is 0.472 e. The maximum atomic E-state index is 13.1. The van der Waals surface area contributed by atoms with E-state index in [4.69, 9.17) is 39.5 Å². The minimum atomic E-state index is -4.88. The summed E-state index contributed by atoms with van der Waals surface area (Å²) in [5.74, 6) is -1.72. The summed E-state index contributed by atoms with van der Waals surface area (Å²) in [5.41, 5.74) is 9.82. The van der Waals surface area contributed by atoms with Gasteiger partial charge < -0.3 is 35.3 Å². The van der Waals surface area contributed by atoms with Crippen molar-refractivity contribution in [1.82, 2.24) is 34.1 Å². The second kappa shape index (κ2) is 12.4. The zero-order valence-corrected chi connectivity index (χ0v) is 24.1. The van der Waals surface area contributed by atoms with Gasteiger partial charge in [-0.15, -0.1) is 0 Å². The van der Waals surface area contributed by atoms with Crippen LogP contribution in [0.15, 0.2) is 22.2 Å². The Morgan fingerprint density at radius 2 is 1.68 bits per heavy atom. The summed E-state index contributed by atoms with van der Waals surface area (Å²) < 4.78 is 48.1. The number of phosphoric acid groups is 1. The summed E-state index contributed by atoms with van der Waals surface area (Å²) in [6.07, 6.45) is -3.96. The van der Waals surface area contributed by atoms with E-state index in [0.29, 0.717) is 0 Å². The van der Waals surface area contributed by atoms with Crippen LogP contribution in [0.25, 0.3) is 11.2 Å². The number of aromatic nitrogens is 7. The standard InChI is InChI=1S/C22H28N9O12P/c1-9(32)38-5-13-12(4-16(41-13)31-8-26-20(23)29-22(31)35)43-44(36,37)39-6-14-11(40-10(2)33)3-15(42-14)30-7-25-17-18(30)27-21(24)28-19(17)34/h7-8,11-16H,3-6H2,1-2H3,(H,36,37)(H2,23,29,35)(H3,24,27,28,34). The normalized spacial score (nSPS) is 26.4. The van der Waals surface area contributed by atoms with Gasteiger partial charge >= 0.3 is 25.5 Å². The average molecular weight is 641 g/mol. The third-order valence-electron chi connectivity index (χ3n) is 6.62. The number of anilines is 2. The van der Waals surface area contributed by atoms with Crippen molar-refractivity contribution in [3.8, 4) is 0 Å². The first-order valence-electron chi connectivity index (χ1n) is 13.0. The quantitative estimate of drug-likeness (QED) is 0.145. The van der Waals surface area contributed by atoms with Crippen molar-refractivity contribution >= 4 is 42.8 Å². The lowest BCUT2D eigenvalue weighted by Gasteiger charge is -2.23. The van der Waals surface area contributed by atoms with Gasteiger partial charge in [0.1, 0.15) is 49.8 Å². The molecule has 2 fully saturated rings. The number of aromatic amines is 1. The number of hydrogen-bond donors (Lipinski definition) is 4. The molecule has 7 atom stereocenters. The molecule has 2 saturated heterocycles. The van der Waals surface area contributed by atoms with Gasteiger partial charge in [-0.3, -0.25) is 37.5 Å². The SMILES string of the molecule is CC(=O)OCC1OC(n2cnc(N)nc2=O)CC1OP(=O)(O)OCC1OC(n2cnc3c(=O)[nH]c(N)nc32)CC1OC(C)=O. The molecular weight excluding hydrogens is 613 g/mol. The Bertz CT molecular complexity index is 1730. The highest BCUT2D eigenvalue weighted by Crippen LogP contribution is 2.49. The van der Waals surface area contributed by atoms with E-state index < -0.39 is 74.5 Å². The number of nitrogens with two attached hydrogens (primary N) is 2. The number of nitrogen functional groups attached to an aromatic ring is 2. The predicted molar refractivity (Wildman–Crippen MR) is 143 cm³/mol. The Labute approximate surface area is 246 Å². The summed E-state index contributed by atoms with van der Waals surface area (Å²) in [6.45, 7) is 1.38. The number of carbonyl (C=O) groups is 2. The Morgan fingerprint density at radius 3 is 2.36 bits per heavy atom. The van der Waals surface area contributed by atoms with E-state index in [1.54, 1.807) is 0 Å². The third kappa shape index (κ3) is 6.93. The smallest absolute Gasteiger partial charge is 0.463 e. The summed E-state index contributed by atoms with van der Waals surface area (Å²) in [4.78, 5) is 75.9. The molecule has 0 amide bonds. The van der Waals surface area contributed by atoms with E-state index in [1.165, 1.54) is 17.8 Å². The monoisotopic (exact) mass is 641 g/mol. The molecule has 0 aliphatic carbocycles. The minimum absolute atomic E-state index is 0.00649. The van der Waals surface area contributed by atoms with E-state index in [2.05, 4.69) is 24.9 Å². The highest BCUT2D eigenvalue weighted by molar-refractivity contribution is 7.47. The molecule has 44 heavy (non-hydrogen) atoms. The number of nitrogens with zero attached hydrogens (tertiary/aromatic N) is 6. The van der Waals surface area contributed by atoms with E-state index >= 15 is 0 Å². The molecule has 0 aromatic carbocycles. The zero-order valence-electron chi connectivity index (χ0n) is 23.2. The van der Waals surface area contributed by atoms with E-state index in [0.717, 1.165) is 17.8 Å². The van der Waals surface area contributed by atoms with Crippen LogP contribution in [0.4, 0.5) is 11.9 Å². The number of ether oxygens (including phenoxy) is 4. The lowest BCUT2D eigenvalue weighted by Crippen LogP contribution is -2.32. The number of imidazole rings is 1. The van der Waals surface area contributed by atoms with Crippen molar-refractivity contribution in [2.75, 3.05) is 24.7 Å². The number of phosphoric ester groups is 1. The fraction of sp³-hybridized carbons (Fsp3) is 0.545. The fourth-order valence-electron chi connectivity index (χ4n) is 4.77. The van der Waals surface area contributed by atoms with E-state index in [9.17, 15) is 28.6 Å². The van der Waals surface area contributed by atoms with Crippen LogP contribution in [-0.2, 0) is 42.1 Å². The van der Waals surface area contributed by atoms with Crippen molar-refractivity contribution in [2.45, 2.75) is 63.6 Å². The number of nitrogens with one attached hydrogen (secondary N) is 1. The molecule has 22 heteroatoms. The van der Waals surface area contributed by atoms with Crippen LogP contribution in [-0.4, -0.2) is 88.5 Å². The zero-order chi connectivity index (χ0) is 31.8. The minimum Gasteiger partial charge on any atom is -0.463 e. The highest BCUT2D eigenvalue weighted by Gasteiger charge is 2.45. The van der Waals surface area contributed by atoms with Crippen LogP contribution in [0.1, 0.15) is 39.1 Å².